The van der Waals surface area contributed by atoms with Gasteiger partial charge in [0.25, 0.3) is 0 Å². The smallest absolute Gasteiger partial charge is 0.227 e. The van der Waals surface area contributed by atoms with Crippen LogP contribution < -0.4 is 10.1 Å². The van der Waals surface area contributed by atoms with Gasteiger partial charge >= 0.3 is 0 Å². The fourth-order valence-electron chi connectivity index (χ4n) is 3.81. The fraction of sp³-hybridized carbons (Fsp3) is 0.409. The van der Waals surface area contributed by atoms with E-state index in [-0.39, 0.29) is 18.6 Å². The summed E-state index contributed by atoms with van der Waals surface area (Å²) in [6, 6.07) is 11.8. The van der Waals surface area contributed by atoms with Gasteiger partial charge in [0, 0.05) is 32.7 Å². The summed E-state index contributed by atoms with van der Waals surface area (Å²) in [4.78, 5) is 13.7. The molecule has 4 rings (SSSR count). The molecule has 0 atom stereocenters. The number of fused-ring (bicyclic) bond motifs is 1. The maximum absolute atomic E-state index is 12.7. The Morgan fingerprint density at radius 1 is 1.18 bits per heavy atom. The number of para-hydroxylation sites is 1. The first-order valence-corrected chi connectivity index (χ1v) is 11.1. The van der Waals surface area contributed by atoms with Crippen LogP contribution in [0.2, 0.25) is 5.02 Å². The molecule has 0 radical (unpaired) electrons. The van der Waals surface area contributed by atoms with Crippen molar-refractivity contribution >= 4 is 35.0 Å². The normalized spacial score (nSPS) is 16.9. The molecule has 0 spiro atoms. The highest BCUT2D eigenvalue weighted by atomic mass is 35.5. The van der Waals surface area contributed by atoms with E-state index in [1.807, 2.05) is 36.4 Å². The SMILES string of the molecule is O=C(Nc1ccccc1SCc1cc(Cl)cc2c1OCOC2)C1CCCCC1. The first kappa shape index (κ1) is 19.6. The van der Waals surface area contributed by atoms with Gasteiger partial charge in [-0.15, -0.1) is 11.8 Å². The highest BCUT2D eigenvalue weighted by Crippen LogP contribution is 2.37. The highest BCUT2D eigenvalue weighted by molar-refractivity contribution is 7.98. The Labute approximate surface area is 174 Å². The van der Waals surface area contributed by atoms with Crippen molar-refractivity contribution in [2.24, 2.45) is 5.92 Å². The lowest BCUT2D eigenvalue weighted by molar-refractivity contribution is -0.120. The molecule has 28 heavy (non-hydrogen) atoms. The third-order valence-electron chi connectivity index (χ3n) is 5.26. The second kappa shape index (κ2) is 9.21. The van der Waals surface area contributed by atoms with Gasteiger partial charge in [0.15, 0.2) is 6.79 Å². The average molecular weight is 418 g/mol. The molecule has 1 heterocycles. The van der Waals surface area contributed by atoms with Gasteiger partial charge in [-0.25, -0.2) is 0 Å². The zero-order chi connectivity index (χ0) is 19.3. The summed E-state index contributed by atoms with van der Waals surface area (Å²) in [7, 11) is 0. The molecule has 2 aromatic rings. The van der Waals surface area contributed by atoms with Gasteiger partial charge in [-0.3, -0.25) is 4.79 Å². The topological polar surface area (TPSA) is 47.6 Å². The second-order valence-electron chi connectivity index (χ2n) is 7.27. The van der Waals surface area contributed by atoms with Gasteiger partial charge in [-0.1, -0.05) is 43.0 Å². The average Bonchev–Trinajstić information content (AvgIpc) is 2.73. The summed E-state index contributed by atoms with van der Waals surface area (Å²) in [5, 5.41) is 3.84. The zero-order valence-electron chi connectivity index (χ0n) is 15.7. The van der Waals surface area contributed by atoms with Crippen molar-refractivity contribution in [3.8, 4) is 5.75 Å². The molecular weight excluding hydrogens is 394 g/mol. The largest absolute Gasteiger partial charge is 0.467 e. The summed E-state index contributed by atoms with van der Waals surface area (Å²) < 4.78 is 11.1. The van der Waals surface area contributed by atoms with Gasteiger partial charge in [0.1, 0.15) is 5.75 Å². The maximum Gasteiger partial charge on any atom is 0.227 e. The number of halogens is 1. The summed E-state index contributed by atoms with van der Waals surface area (Å²) in [6.45, 7) is 0.780. The summed E-state index contributed by atoms with van der Waals surface area (Å²) >= 11 is 7.95. The maximum atomic E-state index is 12.7. The lowest BCUT2D eigenvalue weighted by Gasteiger charge is -2.22. The first-order chi connectivity index (χ1) is 13.7. The van der Waals surface area contributed by atoms with E-state index in [1.165, 1.54) is 6.42 Å². The molecule has 148 valence electrons. The molecule has 1 fully saturated rings. The standard InChI is InChI=1S/C22H24ClNO3S/c23-18-10-16-12-26-14-27-21(16)17(11-18)13-28-20-9-5-4-8-19(20)24-22(25)15-6-2-1-3-7-15/h4-5,8-11,15H,1-3,6-7,12-14H2,(H,24,25). The van der Waals surface area contributed by atoms with Crippen LogP contribution in [0.1, 0.15) is 43.2 Å². The Morgan fingerprint density at radius 2 is 2.00 bits per heavy atom. The molecular formula is C22H24ClNO3S. The van der Waals surface area contributed by atoms with Crippen LogP contribution >= 0.6 is 23.4 Å². The van der Waals surface area contributed by atoms with Crippen molar-refractivity contribution in [2.45, 2.75) is 49.4 Å². The number of rotatable bonds is 5. The molecule has 0 unspecified atom stereocenters. The minimum atomic E-state index is 0.139. The molecule has 1 saturated carbocycles. The summed E-state index contributed by atoms with van der Waals surface area (Å²) in [5.74, 6) is 1.86. The predicted octanol–water partition coefficient (Wildman–Crippen LogP) is 6.02. The Bertz CT molecular complexity index is 852. The number of anilines is 1. The summed E-state index contributed by atoms with van der Waals surface area (Å²) in [5.41, 5.74) is 2.90. The van der Waals surface area contributed by atoms with E-state index in [9.17, 15) is 4.79 Å². The molecule has 4 nitrogen and oxygen atoms in total. The molecule has 0 bridgehead atoms. The number of benzene rings is 2. The third-order valence-corrected chi connectivity index (χ3v) is 6.60. The first-order valence-electron chi connectivity index (χ1n) is 9.75. The van der Waals surface area contributed by atoms with Crippen LogP contribution in [0.4, 0.5) is 5.69 Å². The third kappa shape index (κ3) is 4.65. The van der Waals surface area contributed by atoms with Gasteiger partial charge in [-0.2, -0.15) is 0 Å². The molecule has 1 aliphatic carbocycles. The number of carbonyl (C=O) groups excluding carboxylic acids is 1. The van der Waals surface area contributed by atoms with E-state index < -0.39 is 0 Å². The van der Waals surface area contributed by atoms with Crippen molar-refractivity contribution in [2.75, 3.05) is 12.1 Å². The fourth-order valence-corrected chi connectivity index (χ4v) is 5.05. The molecule has 0 saturated heterocycles. The lowest BCUT2D eigenvalue weighted by Crippen LogP contribution is -2.24. The molecule has 2 aromatic carbocycles. The lowest BCUT2D eigenvalue weighted by atomic mass is 9.88. The molecule has 1 N–H and O–H groups in total. The Hall–Kier alpha value is -1.69. The second-order valence-corrected chi connectivity index (χ2v) is 8.73. The van der Waals surface area contributed by atoms with Crippen LogP contribution in [0.25, 0.3) is 0 Å². The van der Waals surface area contributed by atoms with E-state index in [1.54, 1.807) is 11.8 Å². The monoisotopic (exact) mass is 417 g/mol. The molecule has 0 aromatic heterocycles. The van der Waals surface area contributed by atoms with E-state index in [0.717, 1.165) is 53.1 Å². The Morgan fingerprint density at radius 3 is 2.86 bits per heavy atom. The quantitative estimate of drug-likeness (QED) is 0.604. The van der Waals surface area contributed by atoms with Gasteiger partial charge in [0.2, 0.25) is 5.91 Å². The van der Waals surface area contributed by atoms with Crippen LogP contribution in [-0.4, -0.2) is 12.7 Å². The van der Waals surface area contributed by atoms with E-state index >= 15 is 0 Å². The predicted molar refractivity (Wildman–Crippen MR) is 113 cm³/mol. The molecule has 1 aliphatic heterocycles. The number of nitrogens with one attached hydrogen (secondary N) is 1. The van der Waals surface area contributed by atoms with Crippen LogP contribution in [0.15, 0.2) is 41.3 Å². The van der Waals surface area contributed by atoms with Crippen LogP contribution in [0, 0.1) is 5.92 Å². The number of hydrogen-bond acceptors (Lipinski definition) is 4. The number of carbonyl (C=O) groups is 1. The number of thioether (sulfide) groups is 1. The van der Waals surface area contributed by atoms with Crippen molar-refractivity contribution in [3.05, 3.63) is 52.5 Å². The Kier molecular flexibility index (Phi) is 6.45. The molecule has 2 aliphatic rings. The van der Waals surface area contributed by atoms with Crippen LogP contribution in [0.3, 0.4) is 0 Å². The number of ether oxygens (including phenoxy) is 2. The van der Waals surface area contributed by atoms with Crippen molar-refractivity contribution in [3.63, 3.8) is 0 Å². The van der Waals surface area contributed by atoms with Gasteiger partial charge in [-0.05, 0) is 37.1 Å². The molecule has 1 amide bonds. The van der Waals surface area contributed by atoms with E-state index in [2.05, 4.69) is 5.32 Å². The van der Waals surface area contributed by atoms with Gasteiger partial charge in [0.05, 0.1) is 12.3 Å². The van der Waals surface area contributed by atoms with Crippen LogP contribution in [0.5, 0.6) is 5.75 Å². The van der Waals surface area contributed by atoms with Crippen molar-refractivity contribution in [1.82, 2.24) is 0 Å². The minimum absolute atomic E-state index is 0.139. The summed E-state index contributed by atoms with van der Waals surface area (Å²) in [6.07, 6.45) is 5.54. The highest BCUT2D eigenvalue weighted by Gasteiger charge is 2.22. The van der Waals surface area contributed by atoms with E-state index in [0.29, 0.717) is 17.4 Å². The van der Waals surface area contributed by atoms with Gasteiger partial charge < -0.3 is 14.8 Å². The Balaban J connectivity index is 1.47. The van der Waals surface area contributed by atoms with Crippen LogP contribution in [-0.2, 0) is 21.9 Å². The van der Waals surface area contributed by atoms with Crippen molar-refractivity contribution in [1.29, 1.82) is 0 Å². The number of amides is 1. The zero-order valence-corrected chi connectivity index (χ0v) is 17.3. The van der Waals surface area contributed by atoms with E-state index in [4.69, 9.17) is 21.1 Å². The molecule has 6 heteroatoms. The number of hydrogen-bond donors (Lipinski definition) is 1. The minimum Gasteiger partial charge on any atom is -0.467 e. The van der Waals surface area contributed by atoms with Crippen molar-refractivity contribution < 1.29 is 14.3 Å².